The minimum absolute atomic E-state index is 0.389. The average molecular weight is 361 g/mol. The summed E-state index contributed by atoms with van der Waals surface area (Å²) in [6.07, 6.45) is 5.50. The van der Waals surface area contributed by atoms with Gasteiger partial charge in [-0.3, -0.25) is 4.40 Å². The minimum Gasteiger partial charge on any atom is -0.422 e. The van der Waals surface area contributed by atoms with E-state index in [-0.39, 0.29) is 5.63 Å². The minimum atomic E-state index is -0.389. The second kappa shape index (κ2) is 6.21. The molecule has 0 saturated carbocycles. The van der Waals surface area contributed by atoms with E-state index >= 15 is 0 Å². The number of piperazine rings is 1. The number of aryl methyl sites for hydroxylation is 1. The largest absolute Gasteiger partial charge is 0.422 e. The van der Waals surface area contributed by atoms with E-state index < -0.39 is 0 Å². The first kappa shape index (κ1) is 16.0. The van der Waals surface area contributed by atoms with E-state index in [4.69, 9.17) is 4.42 Å². The summed E-state index contributed by atoms with van der Waals surface area (Å²) in [5, 5.41) is 4.22. The zero-order valence-electron chi connectivity index (χ0n) is 15.0. The van der Waals surface area contributed by atoms with Crippen molar-refractivity contribution in [1.82, 2.24) is 19.7 Å². The smallest absolute Gasteiger partial charge is 0.345 e. The average Bonchev–Trinajstić information content (AvgIpc) is 3.10. The lowest BCUT2D eigenvalue weighted by Crippen LogP contribution is -2.43. The molecule has 7 heteroatoms. The highest BCUT2D eigenvalue weighted by molar-refractivity contribution is 5.84. The number of benzene rings is 1. The first-order valence-electron chi connectivity index (χ1n) is 9.03. The number of nitrogens with zero attached hydrogens (tertiary/aromatic N) is 4. The SMILES string of the molecule is Cc1cnc2nc(-c3cc4ccc(N5CCNCC5)cc4oc3=O)cn2c1. The molecule has 0 aliphatic carbocycles. The number of hydrogen-bond donors (Lipinski definition) is 1. The summed E-state index contributed by atoms with van der Waals surface area (Å²) in [5.74, 6) is 0.559. The Morgan fingerprint density at radius 1 is 1.15 bits per heavy atom. The maximum atomic E-state index is 12.6. The van der Waals surface area contributed by atoms with Gasteiger partial charge in [-0.05, 0) is 30.7 Å². The van der Waals surface area contributed by atoms with E-state index in [2.05, 4.69) is 26.3 Å². The van der Waals surface area contributed by atoms with E-state index in [1.165, 1.54) is 0 Å². The van der Waals surface area contributed by atoms with Gasteiger partial charge in [0.05, 0.1) is 11.3 Å². The molecule has 1 aromatic carbocycles. The van der Waals surface area contributed by atoms with Crippen molar-refractivity contribution < 1.29 is 4.42 Å². The molecule has 0 radical (unpaired) electrons. The first-order chi connectivity index (χ1) is 13.2. The standard InChI is InChI=1S/C20H19N5O2/c1-13-10-22-20-23-17(12-25(20)11-13)16-8-14-2-3-15(9-18(14)27-19(16)26)24-6-4-21-5-7-24/h2-3,8-12,21H,4-7H2,1H3. The van der Waals surface area contributed by atoms with Crippen molar-refractivity contribution >= 4 is 22.4 Å². The highest BCUT2D eigenvalue weighted by Gasteiger charge is 2.15. The molecule has 1 N–H and O–H groups in total. The van der Waals surface area contributed by atoms with E-state index in [1.54, 1.807) is 6.20 Å². The Morgan fingerprint density at radius 2 is 2.00 bits per heavy atom. The summed E-state index contributed by atoms with van der Waals surface area (Å²) in [6, 6.07) is 7.86. The lowest BCUT2D eigenvalue weighted by Gasteiger charge is -2.29. The third kappa shape index (κ3) is 2.86. The molecule has 1 aliphatic heterocycles. The molecule has 27 heavy (non-hydrogen) atoms. The van der Waals surface area contributed by atoms with E-state index in [0.717, 1.165) is 42.8 Å². The second-order valence-corrected chi connectivity index (χ2v) is 6.87. The number of nitrogens with one attached hydrogen (secondary N) is 1. The molecule has 0 atom stereocenters. The van der Waals surface area contributed by atoms with Crippen LogP contribution in [0.5, 0.6) is 0 Å². The number of fused-ring (bicyclic) bond motifs is 2. The maximum Gasteiger partial charge on any atom is 0.345 e. The van der Waals surface area contributed by atoms with Gasteiger partial charge in [-0.2, -0.15) is 0 Å². The van der Waals surface area contributed by atoms with Crippen molar-refractivity contribution in [3.8, 4) is 11.3 Å². The molecule has 7 nitrogen and oxygen atoms in total. The molecule has 1 aliphatic rings. The molecule has 5 rings (SSSR count). The first-order valence-corrected chi connectivity index (χ1v) is 9.03. The molecule has 136 valence electrons. The molecule has 3 aromatic heterocycles. The van der Waals surface area contributed by atoms with Gasteiger partial charge in [-0.1, -0.05) is 0 Å². The molecule has 0 unspecified atom stereocenters. The summed E-state index contributed by atoms with van der Waals surface area (Å²) in [6.45, 7) is 5.78. The molecule has 0 spiro atoms. The Hall–Kier alpha value is -3.19. The van der Waals surface area contributed by atoms with Crippen molar-refractivity contribution in [2.45, 2.75) is 6.92 Å². The highest BCUT2D eigenvalue weighted by Crippen LogP contribution is 2.25. The number of aromatic nitrogens is 3. The predicted molar refractivity (Wildman–Crippen MR) is 104 cm³/mol. The summed E-state index contributed by atoms with van der Waals surface area (Å²) in [7, 11) is 0. The topological polar surface area (TPSA) is 75.7 Å². The van der Waals surface area contributed by atoms with Crippen LogP contribution in [-0.4, -0.2) is 40.5 Å². The van der Waals surface area contributed by atoms with Crippen LogP contribution in [-0.2, 0) is 0 Å². The van der Waals surface area contributed by atoms with Crippen molar-refractivity contribution in [2.24, 2.45) is 0 Å². The number of hydrogen-bond acceptors (Lipinski definition) is 6. The summed E-state index contributed by atoms with van der Waals surface area (Å²) >= 11 is 0. The van der Waals surface area contributed by atoms with Gasteiger partial charge in [0, 0.05) is 61.9 Å². The van der Waals surface area contributed by atoms with Crippen LogP contribution in [0.3, 0.4) is 0 Å². The van der Waals surface area contributed by atoms with Gasteiger partial charge >= 0.3 is 5.63 Å². The zero-order valence-corrected chi connectivity index (χ0v) is 15.0. The van der Waals surface area contributed by atoms with Crippen molar-refractivity contribution in [2.75, 3.05) is 31.1 Å². The fourth-order valence-electron chi connectivity index (χ4n) is 3.51. The van der Waals surface area contributed by atoms with Gasteiger partial charge in [0.25, 0.3) is 0 Å². The fraction of sp³-hybridized carbons (Fsp3) is 0.250. The summed E-state index contributed by atoms with van der Waals surface area (Å²) in [4.78, 5) is 23.6. The molecule has 4 aromatic rings. The van der Waals surface area contributed by atoms with Crippen molar-refractivity contribution in [1.29, 1.82) is 0 Å². The van der Waals surface area contributed by atoms with Gasteiger partial charge in [0.15, 0.2) is 0 Å². The van der Waals surface area contributed by atoms with Crippen LogP contribution in [0.4, 0.5) is 5.69 Å². The van der Waals surface area contributed by atoms with Gasteiger partial charge in [-0.25, -0.2) is 14.8 Å². The fourth-order valence-corrected chi connectivity index (χ4v) is 3.51. The van der Waals surface area contributed by atoms with Crippen LogP contribution in [0.1, 0.15) is 5.56 Å². The Kier molecular flexibility index (Phi) is 3.68. The quantitative estimate of drug-likeness (QED) is 0.552. The van der Waals surface area contributed by atoms with Crippen LogP contribution >= 0.6 is 0 Å². The normalized spacial score (nSPS) is 14.9. The monoisotopic (exact) mass is 361 g/mol. The van der Waals surface area contributed by atoms with E-state index in [0.29, 0.717) is 22.6 Å². The third-order valence-electron chi connectivity index (χ3n) is 4.92. The van der Waals surface area contributed by atoms with Crippen LogP contribution in [0, 0.1) is 6.92 Å². The Balaban J connectivity index is 1.58. The molecule has 1 fully saturated rings. The van der Waals surface area contributed by atoms with E-state index in [1.807, 2.05) is 41.9 Å². The van der Waals surface area contributed by atoms with Gasteiger partial charge in [0.1, 0.15) is 5.58 Å². The Labute approximate surface area is 155 Å². The molecule has 1 saturated heterocycles. The van der Waals surface area contributed by atoms with Crippen LogP contribution in [0.2, 0.25) is 0 Å². The number of rotatable bonds is 2. The molecular formula is C20H19N5O2. The number of imidazole rings is 1. The molecule has 4 heterocycles. The molecule has 0 amide bonds. The molecular weight excluding hydrogens is 342 g/mol. The Bertz CT molecular complexity index is 1200. The second-order valence-electron chi connectivity index (χ2n) is 6.87. The van der Waals surface area contributed by atoms with Crippen molar-refractivity contribution in [3.05, 3.63) is 58.8 Å². The van der Waals surface area contributed by atoms with Gasteiger partial charge < -0.3 is 14.6 Å². The van der Waals surface area contributed by atoms with Crippen LogP contribution in [0.15, 0.2) is 52.1 Å². The highest BCUT2D eigenvalue weighted by atomic mass is 16.4. The van der Waals surface area contributed by atoms with Gasteiger partial charge in [0.2, 0.25) is 5.78 Å². The van der Waals surface area contributed by atoms with Crippen LogP contribution in [0.25, 0.3) is 28.0 Å². The van der Waals surface area contributed by atoms with Gasteiger partial charge in [-0.15, -0.1) is 0 Å². The molecule has 0 bridgehead atoms. The van der Waals surface area contributed by atoms with E-state index in [9.17, 15) is 4.79 Å². The maximum absolute atomic E-state index is 12.6. The Morgan fingerprint density at radius 3 is 2.85 bits per heavy atom. The predicted octanol–water partition coefficient (Wildman–Crippen LogP) is 2.22. The summed E-state index contributed by atoms with van der Waals surface area (Å²) in [5.41, 5.74) is 3.32. The van der Waals surface area contributed by atoms with Crippen molar-refractivity contribution in [3.63, 3.8) is 0 Å². The zero-order chi connectivity index (χ0) is 18.4. The number of anilines is 1. The summed E-state index contributed by atoms with van der Waals surface area (Å²) < 4.78 is 7.45. The lowest BCUT2D eigenvalue weighted by atomic mass is 10.1. The van der Waals surface area contributed by atoms with Crippen LogP contribution < -0.4 is 15.8 Å². The lowest BCUT2D eigenvalue weighted by molar-refractivity contribution is 0.561. The third-order valence-corrected chi connectivity index (χ3v) is 4.92.